The second kappa shape index (κ2) is 7.15. The molecule has 0 spiro atoms. The first-order valence-corrected chi connectivity index (χ1v) is 8.08. The molecule has 0 saturated carbocycles. The average Bonchev–Trinajstić information content (AvgIpc) is 2.75. The number of hydrogen-bond donors (Lipinski definition) is 1. The van der Waals surface area contributed by atoms with Gasteiger partial charge in [0.15, 0.2) is 5.82 Å². The van der Waals surface area contributed by atoms with E-state index in [0.29, 0.717) is 12.3 Å². The van der Waals surface area contributed by atoms with E-state index in [1.54, 1.807) is 0 Å². The van der Waals surface area contributed by atoms with E-state index < -0.39 is 0 Å². The molecule has 5 nitrogen and oxygen atoms in total. The second-order valence-electron chi connectivity index (χ2n) is 5.25. The van der Waals surface area contributed by atoms with Gasteiger partial charge in [0, 0.05) is 24.0 Å². The predicted molar refractivity (Wildman–Crippen MR) is 84.0 cm³/mol. The third-order valence-corrected chi connectivity index (χ3v) is 4.38. The van der Waals surface area contributed by atoms with E-state index in [2.05, 4.69) is 42.4 Å². The standard InChI is InChI=1S/C15H19BrN4O/c16-13-5-2-1-4-12(13)10-14-18-15(21-19-14)11-20-8-3-6-17-7-9-20/h1-2,4-5,17H,3,6-11H2. The Balaban J connectivity index is 1.62. The van der Waals surface area contributed by atoms with E-state index >= 15 is 0 Å². The molecule has 0 aliphatic carbocycles. The Kier molecular flexibility index (Phi) is 5.00. The van der Waals surface area contributed by atoms with Gasteiger partial charge in [-0.1, -0.05) is 39.3 Å². The summed E-state index contributed by atoms with van der Waals surface area (Å²) in [4.78, 5) is 6.87. The van der Waals surface area contributed by atoms with E-state index in [-0.39, 0.29) is 0 Å². The minimum absolute atomic E-state index is 0.687. The molecule has 6 heteroatoms. The lowest BCUT2D eigenvalue weighted by Crippen LogP contribution is -2.27. The van der Waals surface area contributed by atoms with E-state index in [0.717, 1.165) is 49.4 Å². The van der Waals surface area contributed by atoms with Crippen LogP contribution in [0.15, 0.2) is 33.3 Å². The predicted octanol–water partition coefficient (Wildman–Crippen LogP) is 2.22. The van der Waals surface area contributed by atoms with Crippen LogP contribution >= 0.6 is 15.9 Å². The van der Waals surface area contributed by atoms with Crippen molar-refractivity contribution in [3.8, 4) is 0 Å². The molecule has 3 rings (SSSR count). The SMILES string of the molecule is Brc1ccccc1Cc1noc(CN2CCCNCC2)n1. The van der Waals surface area contributed by atoms with Crippen molar-refractivity contribution in [3.05, 3.63) is 46.0 Å². The van der Waals surface area contributed by atoms with Crippen molar-refractivity contribution >= 4 is 15.9 Å². The number of aromatic nitrogens is 2. The van der Waals surface area contributed by atoms with Crippen LogP contribution in [0.5, 0.6) is 0 Å². The Labute approximate surface area is 132 Å². The summed E-state index contributed by atoms with van der Waals surface area (Å²) >= 11 is 3.55. The van der Waals surface area contributed by atoms with Gasteiger partial charge in [-0.25, -0.2) is 0 Å². The fraction of sp³-hybridized carbons (Fsp3) is 0.467. The molecule has 0 unspecified atom stereocenters. The summed E-state index contributed by atoms with van der Waals surface area (Å²) in [6.45, 7) is 4.97. The molecule has 1 saturated heterocycles. The summed E-state index contributed by atoms with van der Waals surface area (Å²) in [5.41, 5.74) is 1.17. The van der Waals surface area contributed by atoms with Crippen molar-refractivity contribution in [2.45, 2.75) is 19.4 Å². The highest BCUT2D eigenvalue weighted by atomic mass is 79.9. The van der Waals surface area contributed by atoms with Crippen LogP contribution in [0.3, 0.4) is 0 Å². The largest absolute Gasteiger partial charge is 0.338 e. The summed E-state index contributed by atoms with van der Waals surface area (Å²) in [5.74, 6) is 1.45. The minimum Gasteiger partial charge on any atom is -0.338 e. The molecule has 1 fully saturated rings. The molecular formula is C15H19BrN4O. The lowest BCUT2D eigenvalue weighted by atomic mass is 10.1. The van der Waals surface area contributed by atoms with Gasteiger partial charge in [0.25, 0.3) is 0 Å². The summed E-state index contributed by atoms with van der Waals surface area (Å²) in [7, 11) is 0. The number of hydrogen-bond acceptors (Lipinski definition) is 5. The van der Waals surface area contributed by atoms with Gasteiger partial charge in [0.2, 0.25) is 5.89 Å². The molecule has 2 heterocycles. The van der Waals surface area contributed by atoms with Gasteiger partial charge < -0.3 is 9.84 Å². The maximum absolute atomic E-state index is 5.38. The molecule has 0 radical (unpaired) electrons. The lowest BCUT2D eigenvalue weighted by Gasteiger charge is -2.16. The van der Waals surface area contributed by atoms with E-state index in [1.165, 1.54) is 5.56 Å². The topological polar surface area (TPSA) is 54.2 Å². The van der Waals surface area contributed by atoms with Crippen LogP contribution in [0.25, 0.3) is 0 Å². The van der Waals surface area contributed by atoms with Crippen LogP contribution in [0, 0.1) is 0 Å². The Hall–Kier alpha value is -1.24. The monoisotopic (exact) mass is 350 g/mol. The van der Waals surface area contributed by atoms with Gasteiger partial charge in [-0.15, -0.1) is 0 Å². The molecule has 112 valence electrons. The van der Waals surface area contributed by atoms with Gasteiger partial charge in [-0.3, -0.25) is 4.90 Å². The molecule has 1 aliphatic heterocycles. The molecule has 1 aromatic heterocycles. The van der Waals surface area contributed by atoms with Crippen LogP contribution in [0.2, 0.25) is 0 Å². The minimum atomic E-state index is 0.687. The fourth-order valence-electron chi connectivity index (χ4n) is 2.49. The van der Waals surface area contributed by atoms with E-state index in [4.69, 9.17) is 4.52 Å². The number of benzene rings is 1. The van der Waals surface area contributed by atoms with Gasteiger partial charge in [-0.2, -0.15) is 4.98 Å². The first kappa shape index (κ1) is 14.7. The summed E-state index contributed by atoms with van der Waals surface area (Å²) in [5, 5.41) is 7.49. The summed E-state index contributed by atoms with van der Waals surface area (Å²) in [6, 6.07) is 8.12. The smallest absolute Gasteiger partial charge is 0.240 e. The number of nitrogens with one attached hydrogen (secondary N) is 1. The van der Waals surface area contributed by atoms with Gasteiger partial charge in [0.05, 0.1) is 6.54 Å². The molecule has 0 amide bonds. The highest BCUT2D eigenvalue weighted by Crippen LogP contribution is 2.18. The number of rotatable bonds is 4. The molecular weight excluding hydrogens is 332 g/mol. The molecule has 2 aromatic rings. The molecule has 1 N–H and O–H groups in total. The number of nitrogens with zero attached hydrogens (tertiary/aromatic N) is 3. The first-order valence-electron chi connectivity index (χ1n) is 7.29. The van der Waals surface area contributed by atoms with Crippen molar-refractivity contribution in [2.75, 3.05) is 26.2 Å². The van der Waals surface area contributed by atoms with Crippen molar-refractivity contribution in [3.63, 3.8) is 0 Å². The summed E-state index contributed by atoms with van der Waals surface area (Å²) in [6.07, 6.45) is 1.85. The molecule has 21 heavy (non-hydrogen) atoms. The molecule has 0 atom stereocenters. The zero-order valence-electron chi connectivity index (χ0n) is 11.9. The van der Waals surface area contributed by atoms with Crippen molar-refractivity contribution in [2.24, 2.45) is 0 Å². The van der Waals surface area contributed by atoms with Crippen LogP contribution in [-0.2, 0) is 13.0 Å². The maximum Gasteiger partial charge on any atom is 0.240 e. The van der Waals surface area contributed by atoms with Crippen LogP contribution in [0.4, 0.5) is 0 Å². The molecule has 1 aliphatic rings. The highest BCUT2D eigenvalue weighted by Gasteiger charge is 2.14. The second-order valence-corrected chi connectivity index (χ2v) is 6.11. The van der Waals surface area contributed by atoms with Gasteiger partial charge in [-0.05, 0) is 31.1 Å². The average molecular weight is 351 g/mol. The van der Waals surface area contributed by atoms with Crippen LogP contribution < -0.4 is 5.32 Å². The molecule has 1 aromatic carbocycles. The third kappa shape index (κ3) is 4.12. The first-order chi connectivity index (χ1) is 10.3. The van der Waals surface area contributed by atoms with Gasteiger partial charge >= 0.3 is 0 Å². The highest BCUT2D eigenvalue weighted by molar-refractivity contribution is 9.10. The van der Waals surface area contributed by atoms with Crippen molar-refractivity contribution < 1.29 is 4.52 Å². The lowest BCUT2D eigenvalue weighted by molar-refractivity contribution is 0.238. The quantitative estimate of drug-likeness (QED) is 0.916. The van der Waals surface area contributed by atoms with Crippen molar-refractivity contribution in [1.82, 2.24) is 20.4 Å². The fourth-order valence-corrected chi connectivity index (χ4v) is 2.91. The Morgan fingerprint density at radius 1 is 1.24 bits per heavy atom. The normalized spacial score (nSPS) is 16.8. The van der Waals surface area contributed by atoms with E-state index in [1.807, 2.05) is 18.2 Å². The van der Waals surface area contributed by atoms with Gasteiger partial charge in [0.1, 0.15) is 0 Å². The Morgan fingerprint density at radius 3 is 3.05 bits per heavy atom. The Bertz CT molecular complexity index is 579. The van der Waals surface area contributed by atoms with Crippen LogP contribution in [0.1, 0.15) is 23.7 Å². The van der Waals surface area contributed by atoms with E-state index in [9.17, 15) is 0 Å². The van der Waals surface area contributed by atoms with Crippen molar-refractivity contribution in [1.29, 1.82) is 0 Å². The Morgan fingerprint density at radius 2 is 2.14 bits per heavy atom. The number of halogens is 1. The maximum atomic E-state index is 5.38. The third-order valence-electron chi connectivity index (χ3n) is 3.61. The zero-order valence-corrected chi connectivity index (χ0v) is 13.5. The van der Waals surface area contributed by atoms with Crippen LogP contribution in [-0.4, -0.2) is 41.2 Å². The zero-order chi connectivity index (χ0) is 14.5. The molecule has 0 bridgehead atoms. The summed E-state index contributed by atoms with van der Waals surface area (Å²) < 4.78 is 6.46.